The van der Waals surface area contributed by atoms with Crippen molar-refractivity contribution in [3.05, 3.63) is 41.2 Å². The molecular weight excluding hydrogens is 407 g/mol. The second-order valence-electron chi connectivity index (χ2n) is 7.37. The van der Waals surface area contributed by atoms with E-state index in [1.165, 1.54) is 12.1 Å². The number of hydrogen-bond donors (Lipinski definition) is 1. The summed E-state index contributed by atoms with van der Waals surface area (Å²) in [6, 6.07) is 6.05. The number of ketones is 1. The van der Waals surface area contributed by atoms with Gasteiger partial charge in [0, 0.05) is 30.6 Å². The molecule has 1 fully saturated rings. The van der Waals surface area contributed by atoms with E-state index in [4.69, 9.17) is 9.63 Å². The van der Waals surface area contributed by atoms with Crippen LogP contribution >= 0.6 is 0 Å². The van der Waals surface area contributed by atoms with Crippen molar-refractivity contribution in [2.45, 2.75) is 32.7 Å². The smallest absolute Gasteiger partial charge is 0.327 e. The average Bonchev–Trinajstić information content (AvgIpc) is 3.42. The largest absolute Gasteiger partial charge is 0.480 e. The van der Waals surface area contributed by atoms with Gasteiger partial charge in [-0.25, -0.2) is 4.39 Å². The molecule has 1 aromatic carbocycles. The molecule has 3 heterocycles. The number of rotatable bonds is 7. The minimum absolute atomic E-state index is 0.0175. The quantitative estimate of drug-likeness (QED) is 0.563. The molecule has 0 unspecified atom stereocenters. The monoisotopic (exact) mass is 428 g/mol. The molecule has 3 aromatic rings. The van der Waals surface area contributed by atoms with E-state index in [2.05, 4.69) is 20.6 Å². The maximum atomic E-state index is 13.7. The first-order valence-corrected chi connectivity index (χ1v) is 9.99. The molecule has 1 N–H and O–H groups in total. The number of aliphatic carboxylic acids is 1. The maximum Gasteiger partial charge on any atom is 0.327 e. The molecule has 0 spiro atoms. The van der Waals surface area contributed by atoms with E-state index in [1.54, 1.807) is 12.1 Å². The van der Waals surface area contributed by atoms with E-state index in [0.717, 1.165) is 10.4 Å². The Balaban J connectivity index is 1.40. The van der Waals surface area contributed by atoms with Gasteiger partial charge in [-0.2, -0.15) is 4.80 Å². The lowest BCUT2D eigenvalue weighted by Gasteiger charge is -2.31. The zero-order valence-corrected chi connectivity index (χ0v) is 16.9. The number of halogens is 1. The number of aryl methyl sites for hydroxylation is 1. The molecule has 0 saturated carbocycles. The van der Waals surface area contributed by atoms with E-state index in [0.29, 0.717) is 43.7 Å². The van der Waals surface area contributed by atoms with Crippen molar-refractivity contribution in [3.8, 4) is 11.6 Å². The molecule has 10 nitrogen and oxygen atoms in total. The summed E-state index contributed by atoms with van der Waals surface area (Å²) in [4.78, 5) is 26.6. The van der Waals surface area contributed by atoms with Gasteiger partial charge in [-0.3, -0.25) is 9.59 Å². The summed E-state index contributed by atoms with van der Waals surface area (Å²) in [7, 11) is 0. The van der Waals surface area contributed by atoms with Crippen LogP contribution in [-0.4, -0.2) is 55.3 Å². The van der Waals surface area contributed by atoms with Gasteiger partial charge in [-0.1, -0.05) is 18.1 Å². The summed E-state index contributed by atoms with van der Waals surface area (Å²) in [6.07, 6.45) is 1.91. The number of carbonyl (C=O) groups excluding carboxylic acids is 1. The third kappa shape index (κ3) is 4.44. The van der Waals surface area contributed by atoms with Crippen molar-refractivity contribution in [1.29, 1.82) is 0 Å². The molecule has 0 amide bonds. The van der Waals surface area contributed by atoms with E-state index in [1.807, 2.05) is 11.8 Å². The Kier molecular flexibility index (Phi) is 5.74. The zero-order valence-electron chi connectivity index (χ0n) is 16.9. The molecule has 4 rings (SSSR count). The number of carboxylic acid groups (broad SMARTS) is 1. The number of anilines is 1. The normalized spacial score (nSPS) is 14.7. The molecule has 11 heteroatoms. The number of benzene rings is 1. The van der Waals surface area contributed by atoms with Gasteiger partial charge < -0.3 is 14.5 Å². The number of nitrogens with zero attached hydrogens (tertiary/aromatic N) is 6. The number of carbonyl (C=O) groups is 2. The highest BCUT2D eigenvalue weighted by Crippen LogP contribution is 2.28. The van der Waals surface area contributed by atoms with Crippen molar-refractivity contribution in [3.63, 3.8) is 0 Å². The van der Waals surface area contributed by atoms with Gasteiger partial charge in [-0.15, -0.1) is 10.2 Å². The van der Waals surface area contributed by atoms with E-state index in [9.17, 15) is 14.0 Å². The minimum Gasteiger partial charge on any atom is -0.480 e. The van der Waals surface area contributed by atoms with Gasteiger partial charge in [0.05, 0.1) is 0 Å². The number of piperidine rings is 1. The Labute approximate surface area is 176 Å². The Hall–Kier alpha value is -3.63. The van der Waals surface area contributed by atoms with Crippen LogP contribution in [0.25, 0.3) is 11.6 Å². The molecular formula is C20H21FN6O4. The zero-order chi connectivity index (χ0) is 22.0. The summed E-state index contributed by atoms with van der Waals surface area (Å²) < 4.78 is 19.0. The molecule has 0 radical (unpaired) electrons. The van der Waals surface area contributed by atoms with Crippen LogP contribution in [0.1, 0.15) is 35.7 Å². The lowest BCUT2D eigenvalue weighted by atomic mass is 9.86. The van der Waals surface area contributed by atoms with Crippen LogP contribution in [0.2, 0.25) is 0 Å². The molecule has 0 atom stereocenters. The van der Waals surface area contributed by atoms with Crippen molar-refractivity contribution in [2.75, 3.05) is 18.0 Å². The van der Waals surface area contributed by atoms with Gasteiger partial charge in [0.1, 0.15) is 5.82 Å². The molecule has 0 bridgehead atoms. The Morgan fingerprint density at radius 1 is 1.26 bits per heavy atom. The van der Waals surface area contributed by atoms with Gasteiger partial charge >= 0.3 is 5.97 Å². The number of hydrogen-bond acceptors (Lipinski definition) is 8. The van der Waals surface area contributed by atoms with Crippen LogP contribution in [0, 0.1) is 11.7 Å². The fourth-order valence-electron chi connectivity index (χ4n) is 3.73. The Bertz CT molecular complexity index is 1100. The van der Waals surface area contributed by atoms with Crippen LogP contribution in [0.4, 0.5) is 10.2 Å². The Morgan fingerprint density at radius 2 is 2.03 bits per heavy atom. The van der Waals surface area contributed by atoms with Crippen molar-refractivity contribution < 1.29 is 23.6 Å². The van der Waals surface area contributed by atoms with E-state index >= 15 is 0 Å². The van der Waals surface area contributed by atoms with Crippen LogP contribution in [0.3, 0.4) is 0 Å². The molecule has 162 valence electrons. The van der Waals surface area contributed by atoms with Gasteiger partial charge in [0.25, 0.3) is 0 Å². The Morgan fingerprint density at radius 3 is 2.74 bits per heavy atom. The first-order valence-electron chi connectivity index (χ1n) is 9.99. The predicted octanol–water partition coefficient (Wildman–Crippen LogP) is 2.21. The lowest BCUT2D eigenvalue weighted by molar-refractivity contribution is -0.138. The standard InChI is InChI=1S/C20H21FN6O4/c1-2-12-3-4-14(21)9-15(12)19(30)13-5-7-26(8-6-13)17-10-16(31-24-17)20-22-25-27(23-20)11-18(28)29/h3-4,9-10,13H,2,5-8,11H2,1H3,(H,28,29). The van der Waals surface area contributed by atoms with Crippen LogP contribution in [-0.2, 0) is 17.8 Å². The molecule has 1 saturated heterocycles. The number of carboxylic acids is 1. The summed E-state index contributed by atoms with van der Waals surface area (Å²) in [5.41, 5.74) is 1.33. The first kappa shape index (κ1) is 20.6. The molecule has 1 aliphatic rings. The second kappa shape index (κ2) is 8.62. The maximum absolute atomic E-state index is 13.7. The number of Topliss-reactive ketones (excluding diaryl/α,β-unsaturated/α-hetero) is 1. The van der Waals surface area contributed by atoms with Gasteiger partial charge in [0.15, 0.2) is 18.1 Å². The topological polar surface area (TPSA) is 127 Å². The lowest BCUT2D eigenvalue weighted by Crippen LogP contribution is -2.36. The van der Waals surface area contributed by atoms with E-state index < -0.39 is 18.3 Å². The van der Waals surface area contributed by atoms with Crippen LogP contribution in [0.15, 0.2) is 28.8 Å². The molecule has 31 heavy (non-hydrogen) atoms. The highest BCUT2D eigenvalue weighted by molar-refractivity contribution is 5.99. The van der Waals surface area contributed by atoms with Crippen LogP contribution in [0.5, 0.6) is 0 Å². The van der Waals surface area contributed by atoms with Gasteiger partial charge in [0.2, 0.25) is 11.6 Å². The fourth-order valence-corrected chi connectivity index (χ4v) is 3.73. The summed E-state index contributed by atoms with van der Waals surface area (Å²) in [5.74, 6) is -0.676. The summed E-state index contributed by atoms with van der Waals surface area (Å²) in [6.45, 7) is 2.74. The van der Waals surface area contributed by atoms with E-state index in [-0.39, 0.29) is 23.3 Å². The van der Waals surface area contributed by atoms with Gasteiger partial charge in [-0.05, 0) is 42.2 Å². The fraction of sp³-hybridized carbons (Fsp3) is 0.400. The third-order valence-corrected chi connectivity index (χ3v) is 5.36. The molecule has 2 aromatic heterocycles. The van der Waals surface area contributed by atoms with Crippen molar-refractivity contribution >= 4 is 17.6 Å². The summed E-state index contributed by atoms with van der Waals surface area (Å²) in [5, 5.41) is 24.2. The molecule has 0 aliphatic carbocycles. The van der Waals surface area contributed by atoms with Crippen molar-refractivity contribution in [1.82, 2.24) is 25.4 Å². The second-order valence-corrected chi connectivity index (χ2v) is 7.37. The first-order chi connectivity index (χ1) is 14.9. The number of tetrazole rings is 1. The SMILES string of the molecule is CCc1ccc(F)cc1C(=O)C1CCN(c2cc(-c3nnn(CC(=O)O)n3)on2)CC1. The third-order valence-electron chi connectivity index (χ3n) is 5.36. The molecule has 1 aliphatic heterocycles. The highest BCUT2D eigenvalue weighted by atomic mass is 19.1. The van der Waals surface area contributed by atoms with Crippen LogP contribution < -0.4 is 4.90 Å². The summed E-state index contributed by atoms with van der Waals surface area (Å²) >= 11 is 0. The predicted molar refractivity (Wildman–Crippen MR) is 106 cm³/mol. The highest BCUT2D eigenvalue weighted by Gasteiger charge is 2.29. The van der Waals surface area contributed by atoms with Crippen molar-refractivity contribution in [2.24, 2.45) is 5.92 Å². The minimum atomic E-state index is -1.08. The average molecular weight is 428 g/mol. The number of aromatic nitrogens is 5.